The molecule has 21 heavy (non-hydrogen) atoms. The second-order valence-corrected chi connectivity index (χ2v) is 4.94. The minimum Gasteiger partial charge on any atom is -0.465 e. The molecule has 0 aliphatic carbocycles. The van der Waals surface area contributed by atoms with E-state index in [9.17, 15) is 9.59 Å². The van der Waals surface area contributed by atoms with Crippen LogP contribution in [0.2, 0.25) is 0 Å². The molecule has 0 fully saturated rings. The van der Waals surface area contributed by atoms with Crippen molar-refractivity contribution in [3.05, 3.63) is 53.7 Å². The van der Waals surface area contributed by atoms with E-state index < -0.39 is 5.97 Å². The third kappa shape index (κ3) is 3.82. The summed E-state index contributed by atoms with van der Waals surface area (Å²) in [6, 6.07) is 9.95. The fraction of sp³-hybridized carbons (Fsp3) is 0.133. The van der Waals surface area contributed by atoms with Crippen LogP contribution in [0.4, 0.5) is 5.69 Å². The lowest BCUT2D eigenvalue weighted by Gasteiger charge is -2.06. The predicted molar refractivity (Wildman–Crippen MR) is 81.8 cm³/mol. The fourth-order valence-electron chi connectivity index (χ4n) is 1.68. The lowest BCUT2D eigenvalue weighted by atomic mass is 10.1. The van der Waals surface area contributed by atoms with Crippen molar-refractivity contribution < 1.29 is 14.3 Å². The van der Waals surface area contributed by atoms with Gasteiger partial charge in [0.25, 0.3) is 5.91 Å². The van der Waals surface area contributed by atoms with Gasteiger partial charge in [0.15, 0.2) is 0 Å². The summed E-state index contributed by atoms with van der Waals surface area (Å²) in [4.78, 5) is 27.8. The first-order valence-corrected chi connectivity index (χ1v) is 7.36. The SMILES string of the molecule is COC(=O)c1cccc(C(=O)Nc2ccc(SC)nc2)c1. The summed E-state index contributed by atoms with van der Waals surface area (Å²) in [6.45, 7) is 0. The number of aromatic nitrogens is 1. The molecule has 1 N–H and O–H groups in total. The summed E-state index contributed by atoms with van der Waals surface area (Å²) in [6.07, 6.45) is 3.52. The van der Waals surface area contributed by atoms with Crippen molar-refractivity contribution in [1.82, 2.24) is 4.98 Å². The number of carbonyl (C=O) groups is 2. The van der Waals surface area contributed by atoms with E-state index in [2.05, 4.69) is 15.0 Å². The molecular weight excluding hydrogens is 288 g/mol. The Hall–Kier alpha value is -2.34. The molecule has 6 heteroatoms. The second kappa shape index (κ2) is 6.90. The first kappa shape index (κ1) is 15.1. The first-order valence-electron chi connectivity index (χ1n) is 6.14. The number of methoxy groups -OCH3 is 1. The van der Waals surface area contributed by atoms with Gasteiger partial charge < -0.3 is 10.1 Å². The maximum absolute atomic E-state index is 12.1. The number of pyridine rings is 1. The molecule has 0 atom stereocenters. The zero-order valence-corrected chi connectivity index (χ0v) is 12.4. The zero-order valence-electron chi connectivity index (χ0n) is 11.6. The van der Waals surface area contributed by atoms with Crippen LogP contribution in [0, 0.1) is 0 Å². The van der Waals surface area contributed by atoms with Crippen LogP contribution in [0.25, 0.3) is 0 Å². The Balaban J connectivity index is 2.14. The van der Waals surface area contributed by atoms with Gasteiger partial charge in [-0.3, -0.25) is 4.79 Å². The van der Waals surface area contributed by atoms with Crippen LogP contribution < -0.4 is 5.32 Å². The van der Waals surface area contributed by atoms with Gasteiger partial charge in [0, 0.05) is 5.56 Å². The molecule has 0 radical (unpaired) electrons. The molecular formula is C15H14N2O3S. The summed E-state index contributed by atoms with van der Waals surface area (Å²) in [5.41, 5.74) is 1.31. The molecule has 5 nitrogen and oxygen atoms in total. The summed E-state index contributed by atoms with van der Waals surface area (Å²) in [7, 11) is 1.30. The van der Waals surface area contributed by atoms with Crippen LogP contribution in [-0.4, -0.2) is 30.2 Å². The number of ether oxygens (including phenoxy) is 1. The summed E-state index contributed by atoms with van der Waals surface area (Å²) < 4.78 is 4.63. The summed E-state index contributed by atoms with van der Waals surface area (Å²) in [5.74, 6) is -0.782. The van der Waals surface area contributed by atoms with E-state index in [0.717, 1.165) is 5.03 Å². The smallest absolute Gasteiger partial charge is 0.337 e. The van der Waals surface area contributed by atoms with Crippen LogP contribution in [-0.2, 0) is 4.74 Å². The number of hydrogen-bond donors (Lipinski definition) is 1. The molecule has 2 aromatic rings. The van der Waals surface area contributed by atoms with Gasteiger partial charge in [-0.05, 0) is 36.6 Å². The van der Waals surface area contributed by atoms with Gasteiger partial charge in [-0.2, -0.15) is 0 Å². The normalized spacial score (nSPS) is 10.0. The van der Waals surface area contributed by atoms with Crippen LogP contribution in [0.1, 0.15) is 20.7 Å². The number of anilines is 1. The van der Waals surface area contributed by atoms with Crippen molar-refractivity contribution in [3.8, 4) is 0 Å². The van der Waals surface area contributed by atoms with Gasteiger partial charge in [-0.15, -0.1) is 11.8 Å². The minimum absolute atomic E-state index is 0.306. The van der Waals surface area contributed by atoms with Crippen molar-refractivity contribution in [2.75, 3.05) is 18.7 Å². The number of carbonyl (C=O) groups excluding carboxylic acids is 2. The standard InChI is InChI=1S/C15H14N2O3S/c1-20-15(19)11-5-3-4-10(8-11)14(18)17-12-6-7-13(21-2)16-9-12/h3-9H,1-2H3,(H,17,18). The Kier molecular flexibility index (Phi) is 4.94. The highest BCUT2D eigenvalue weighted by atomic mass is 32.2. The van der Waals surface area contributed by atoms with E-state index in [0.29, 0.717) is 16.8 Å². The molecule has 2 rings (SSSR count). The lowest BCUT2D eigenvalue weighted by Crippen LogP contribution is -2.13. The van der Waals surface area contributed by atoms with Gasteiger partial charge in [0.2, 0.25) is 0 Å². The molecule has 1 amide bonds. The van der Waals surface area contributed by atoms with E-state index in [1.54, 1.807) is 30.5 Å². The van der Waals surface area contributed by atoms with Crippen molar-refractivity contribution in [2.45, 2.75) is 5.03 Å². The lowest BCUT2D eigenvalue weighted by molar-refractivity contribution is 0.0600. The third-order valence-corrected chi connectivity index (χ3v) is 3.41. The quantitative estimate of drug-likeness (QED) is 0.695. The first-order chi connectivity index (χ1) is 10.1. The molecule has 0 aliphatic heterocycles. The number of rotatable bonds is 4. The number of thioether (sulfide) groups is 1. The predicted octanol–water partition coefficient (Wildman–Crippen LogP) is 2.84. The van der Waals surface area contributed by atoms with Crippen LogP contribution in [0.3, 0.4) is 0 Å². The van der Waals surface area contributed by atoms with Crippen molar-refractivity contribution in [1.29, 1.82) is 0 Å². The van der Waals surface area contributed by atoms with Crippen LogP contribution in [0.5, 0.6) is 0 Å². The van der Waals surface area contributed by atoms with E-state index in [1.165, 1.54) is 24.9 Å². The van der Waals surface area contributed by atoms with Gasteiger partial charge in [0.05, 0.1) is 29.6 Å². The Morgan fingerprint density at radius 3 is 2.57 bits per heavy atom. The van der Waals surface area contributed by atoms with Crippen molar-refractivity contribution in [2.24, 2.45) is 0 Å². The minimum atomic E-state index is -0.476. The Morgan fingerprint density at radius 1 is 1.19 bits per heavy atom. The molecule has 1 aromatic carbocycles. The number of amides is 1. The second-order valence-electron chi connectivity index (χ2n) is 4.12. The summed E-state index contributed by atoms with van der Waals surface area (Å²) >= 11 is 1.53. The van der Waals surface area contributed by atoms with Gasteiger partial charge in [0.1, 0.15) is 0 Å². The number of benzene rings is 1. The van der Waals surface area contributed by atoms with Crippen LogP contribution >= 0.6 is 11.8 Å². The van der Waals surface area contributed by atoms with Crippen LogP contribution in [0.15, 0.2) is 47.6 Å². The average Bonchev–Trinajstić information content (AvgIpc) is 2.55. The average molecular weight is 302 g/mol. The molecule has 0 saturated heterocycles. The van der Waals surface area contributed by atoms with Crippen molar-refractivity contribution >= 4 is 29.3 Å². The van der Waals surface area contributed by atoms with Gasteiger partial charge in [-0.25, -0.2) is 9.78 Å². The number of hydrogen-bond acceptors (Lipinski definition) is 5. The molecule has 1 heterocycles. The maximum Gasteiger partial charge on any atom is 0.337 e. The Bertz CT molecular complexity index is 656. The molecule has 1 aromatic heterocycles. The van der Waals surface area contributed by atoms with Gasteiger partial charge >= 0.3 is 5.97 Å². The third-order valence-electron chi connectivity index (χ3n) is 2.75. The maximum atomic E-state index is 12.1. The van der Waals surface area contributed by atoms with E-state index >= 15 is 0 Å². The van der Waals surface area contributed by atoms with Gasteiger partial charge in [-0.1, -0.05) is 6.07 Å². The highest BCUT2D eigenvalue weighted by Gasteiger charge is 2.11. The molecule has 0 saturated carbocycles. The molecule has 0 bridgehead atoms. The zero-order chi connectivity index (χ0) is 15.2. The molecule has 0 unspecified atom stereocenters. The fourth-order valence-corrected chi connectivity index (χ4v) is 2.05. The van der Waals surface area contributed by atoms with E-state index in [-0.39, 0.29) is 5.91 Å². The number of nitrogens with one attached hydrogen (secondary N) is 1. The Morgan fingerprint density at radius 2 is 1.95 bits per heavy atom. The van der Waals surface area contributed by atoms with E-state index in [4.69, 9.17) is 0 Å². The number of nitrogens with zero attached hydrogens (tertiary/aromatic N) is 1. The summed E-state index contributed by atoms with van der Waals surface area (Å²) in [5, 5.41) is 3.61. The monoisotopic (exact) mass is 302 g/mol. The number of esters is 1. The topological polar surface area (TPSA) is 68.3 Å². The largest absolute Gasteiger partial charge is 0.465 e. The molecule has 0 aliphatic rings. The highest BCUT2D eigenvalue weighted by molar-refractivity contribution is 7.98. The van der Waals surface area contributed by atoms with E-state index in [1.807, 2.05) is 12.3 Å². The Labute approximate surface area is 126 Å². The van der Waals surface area contributed by atoms with Crippen molar-refractivity contribution in [3.63, 3.8) is 0 Å². The highest BCUT2D eigenvalue weighted by Crippen LogP contribution is 2.15. The molecule has 108 valence electrons. The molecule has 0 spiro atoms.